The van der Waals surface area contributed by atoms with E-state index in [1.54, 1.807) is 0 Å². The lowest BCUT2D eigenvalue weighted by Crippen LogP contribution is -2.04. The fourth-order valence-electron chi connectivity index (χ4n) is 2.74. The molecule has 1 nitrogen and oxygen atoms in total. The first-order valence-electron chi connectivity index (χ1n) is 8.79. The molecular weight excluding hydrogens is 266 g/mol. The molecule has 22 heavy (non-hydrogen) atoms. The van der Waals surface area contributed by atoms with Gasteiger partial charge in [-0.2, -0.15) is 5.26 Å². The summed E-state index contributed by atoms with van der Waals surface area (Å²) in [6.45, 7) is 8.38. The van der Waals surface area contributed by atoms with Gasteiger partial charge >= 0.3 is 0 Å². The molecule has 1 aromatic carbocycles. The number of nitrogens with zero attached hydrogens (tertiary/aromatic N) is 1. The van der Waals surface area contributed by atoms with E-state index < -0.39 is 0 Å². The Morgan fingerprint density at radius 2 is 1.73 bits per heavy atom. The Morgan fingerprint density at radius 3 is 2.23 bits per heavy atom. The molecule has 1 saturated carbocycles. The summed E-state index contributed by atoms with van der Waals surface area (Å²) in [7, 11) is 0. The van der Waals surface area contributed by atoms with Crippen molar-refractivity contribution in [1.82, 2.24) is 0 Å². The number of benzene rings is 1. The van der Waals surface area contributed by atoms with E-state index in [4.69, 9.17) is 5.26 Å². The van der Waals surface area contributed by atoms with Crippen molar-refractivity contribution in [2.75, 3.05) is 0 Å². The lowest BCUT2D eigenvalue weighted by atomic mass is 9.86. The molecule has 0 atom stereocenters. The van der Waals surface area contributed by atoms with E-state index >= 15 is 0 Å². The zero-order chi connectivity index (χ0) is 15.9. The summed E-state index contributed by atoms with van der Waals surface area (Å²) in [6.07, 6.45) is 11.4. The van der Waals surface area contributed by atoms with E-state index in [0.717, 1.165) is 17.9 Å². The van der Waals surface area contributed by atoms with Crippen molar-refractivity contribution >= 4 is 0 Å². The van der Waals surface area contributed by atoms with E-state index in [1.165, 1.54) is 50.5 Å². The first-order chi connectivity index (χ1) is 10.3. The molecule has 0 amide bonds. The number of nitriles is 1. The molecule has 0 unspecified atom stereocenters. The van der Waals surface area contributed by atoms with Crippen molar-refractivity contribution in [2.45, 2.75) is 86.5 Å². The van der Waals surface area contributed by atoms with Crippen molar-refractivity contribution in [2.24, 2.45) is 5.92 Å². The summed E-state index contributed by atoms with van der Waals surface area (Å²) >= 11 is 0. The standard InChI is InChI=1S/C9H9N.C9H18.C2H6.CH4/c1-2-8-4-3-5-9(6-8)7-10;1-2-6-9-7-4-3-5-8-9;1-2;/h3-6H,2H2,1H3;9H,2-8H2,1H3;1-2H3;1H4. The van der Waals surface area contributed by atoms with Crippen molar-refractivity contribution < 1.29 is 0 Å². The van der Waals surface area contributed by atoms with Crippen LogP contribution in [0.25, 0.3) is 0 Å². The second-order valence-electron chi connectivity index (χ2n) is 5.46. The predicted octanol–water partition coefficient (Wildman–Crippen LogP) is 7.15. The van der Waals surface area contributed by atoms with E-state index in [-0.39, 0.29) is 7.43 Å². The molecule has 1 fully saturated rings. The molecule has 1 aliphatic rings. The molecule has 0 aliphatic heterocycles. The Bertz CT molecular complexity index is 380. The van der Waals surface area contributed by atoms with Crippen molar-refractivity contribution in [1.29, 1.82) is 5.26 Å². The van der Waals surface area contributed by atoms with E-state index in [1.807, 2.05) is 38.1 Å². The Morgan fingerprint density at radius 1 is 1.09 bits per heavy atom. The van der Waals surface area contributed by atoms with Crippen LogP contribution in [-0.4, -0.2) is 0 Å². The van der Waals surface area contributed by atoms with Crippen LogP contribution in [0.5, 0.6) is 0 Å². The zero-order valence-electron chi connectivity index (χ0n) is 14.5. The van der Waals surface area contributed by atoms with Crippen LogP contribution in [-0.2, 0) is 6.42 Å². The van der Waals surface area contributed by atoms with Gasteiger partial charge in [-0.15, -0.1) is 0 Å². The number of aryl methyl sites for hydroxylation is 1. The fraction of sp³-hybridized carbons (Fsp3) is 0.667. The molecule has 0 radical (unpaired) electrons. The van der Waals surface area contributed by atoms with Crippen LogP contribution < -0.4 is 0 Å². The fourth-order valence-corrected chi connectivity index (χ4v) is 2.74. The van der Waals surface area contributed by atoms with Crippen LogP contribution in [0, 0.1) is 17.2 Å². The summed E-state index contributed by atoms with van der Waals surface area (Å²) < 4.78 is 0. The van der Waals surface area contributed by atoms with Gasteiger partial charge in [0, 0.05) is 0 Å². The third-order valence-electron chi connectivity index (χ3n) is 3.89. The molecule has 0 N–H and O–H groups in total. The Kier molecular flexibility index (Phi) is 16.8. The average Bonchev–Trinajstić information content (AvgIpc) is 2.58. The molecule has 0 spiro atoms. The van der Waals surface area contributed by atoms with Crippen molar-refractivity contribution in [3.8, 4) is 6.07 Å². The molecular formula is C21H37N. The highest BCUT2D eigenvalue weighted by Crippen LogP contribution is 2.26. The van der Waals surface area contributed by atoms with Crippen LogP contribution in [0.1, 0.15) is 91.2 Å². The summed E-state index contributed by atoms with van der Waals surface area (Å²) in [5.41, 5.74) is 1.97. The number of hydrogen-bond donors (Lipinski definition) is 0. The lowest BCUT2D eigenvalue weighted by molar-refractivity contribution is 0.336. The van der Waals surface area contributed by atoms with E-state index in [9.17, 15) is 0 Å². The minimum atomic E-state index is 0. The van der Waals surface area contributed by atoms with Crippen LogP contribution in [0.2, 0.25) is 0 Å². The van der Waals surface area contributed by atoms with E-state index in [0.29, 0.717) is 0 Å². The lowest BCUT2D eigenvalue weighted by Gasteiger charge is -2.20. The maximum Gasteiger partial charge on any atom is 0.0991 e. The van der Waals surface area contributed by atoms with Crippen molar-refractivity contribution in [3.63, 3.8) is 0 Å². The quantitative estimate of drug-likeness (QED) is 0.581. The van der Waals surface area contributed by atoms with Gasteiger partial charge in [0.15, 0.2) is 0 Å². The van der Waals surface area contributed by atoms with Crippen molar-refractivity contribution in [3.05, 3.63) is 35.4 Å². The molecule has 0 heterocycles. The Balaban J connectivity index is 0. The highest BCUT2D eigenvalue weighted by molar-refractivity contribution is 5.32. The highest BCUT2D eigenvalue weighted by atomic mass is 14.2. The second kappa shape index (κ2) is 16.1. The van der Waals surface area contributed by atoms with Crippen LogP contribution in [0.4, 0.5) is 0 Å². The third kappa shape index (κ3) is 10.4. The summed E-state index contributed by atoms with van der Waals surface area (Å²) in [6, 6.07) is 9.78. The monoisotopic (exact) mass is 303 g/mol. The topological polar surface area (TPSA) is 23.8 Å². The second-order valence-corrected chi connectivity index (χ2v) is 5.46. The molecule has 0 saturated heterocycles. The number of rotatable bonds is 3. The predicted molar refractivity (Wildman–Crippen MR) is 100 cm³/mol. The normalized spacial score (nSPS) is 13.4. The maximum absolute atomic E-state index is 8.51. The maximum atomic E-state index is 8.51. The van der Waals surface area contributed by atoms with Gasteiger partial charge in [0.05, 0.1) is 11.6 Å². The first-order valence-corrected chi connectivity index (χ1v) is 8.79. The molecule has 1 aliphatic carbocycles. The first kappa shape index (κ1) is 23.0. The molecule has 126 valence electrons. The zero-order valence-corrected chi connectivity index (χ0v) is 14.5. The smallest absolute Gasteiger partial charge is 0.0991 e. The largest absolute Gasteiger partial charge is 0.192 e. The molecule has 1 aromatic rings. The summed E-state index contributed by atoms with van der Waals surface area (Å²) in [5, 5.41) is 8.51. The molecule has 0 aromatic heterocycles. The highest BCUT2D eigenvalue weighted by Gasteiger charge is 2.10. The van der Waals surface area contributed by atoms with Gasteiger partial charge in [-0.05, 0) is 30.0 Å². The summed E-state index contributed by atoms with van der Waals surface area (Å²) in [5.74, 6) is 1.10. The minimum Gasteiger partial charge on any atom is -0.192 e. The van der Waals surface area contributed by atoms with Gasteiger partial charge in [0.25, 0.3) is 0 Å². The molecule has 2 rings (SSSR count). The summed E-state index contributed by atoms with van der Waals surface area (Å²) in [4.78, 5) is 0. The molecule has 0 bridgehead atoms. The SMILES string of the molecule is C.CC.CCCC1CCCCC1.CCc1cccc(C#N)c1. The van der Waals surface area contributed by atoms with Crippen LogP contribution >= 0.6 is 0 Å². The molecule has 1 heteroatoms. The van der Waals surface area contributed by atoms with Crippen LogP contribution in [0.15, 0.2) is 24.3 Å². The Hall–Kier alpha value is -1.29. The minimum absolute atomic E-state index is 0. The Labute approximate surface area is 139 Å². The van der Waals surface area contributed by atoms with Gasteiger partial charge < -0.3 is 0 Å². The van der Waals surface area contributed by atoms with Gasteiger partial charge in [-0.1, -0.05) is 92.2 Å². The van der Waals surface area contributed by atoms with Crippen LogP contribution in [0.3, 0.4) is 0 Å². The van der Waals surface area contributed by atoms with Gasteiger partial charge in [0.1, 0.15) is 0 Å². The third-order valence-corrected chi connectivity index (χ3v) is 3.89. The number of hydrogen-bond acceptors (Lipinski definition) is 1. The average molecular weight is 304 g/mol. The van der Waals surface area contributed by atoms with Gasteiger partial charge in [0.2, 0.25) is 0 Å². The van der Waals surface area contributed by atoms with Gasteiger partial charge in [-0.25, -0.2) is 0 Å². The van der Waals surface area contributed by atoms with E-state index in [2.05, 4.69) is 19.9 Å². The van der Waals surface area contributed by atoms with Gasteiger partial charge in [-0.3, -0.25) is 0 Å².